The Bertz CT molecular complexity index is 645. The van der Waals surface area contributed by atoms with Gasteiger partial charge in [0.1, 0.15) is 11.4 Å². The summed E-state index contributed by atoms with van der Waals surface area (Å²) in [7, 11) is 0. The quantitative estimate of drug-likeness (QED) is 0.348. The van der Waals surface area contributed by atoms with Crippen molar-refractivity contribution in [2.45, 2.75) is 26.0 Å². The zero-order valence-corrected chi connectivity index (χ0v) is 16.8. The zero-order valence-electron chi connectivity index (χ0n) is 13.8. The van der Waals surface area contributed by atoms with E-state index in [1.165, 1.54) is 0 Å². The van der Waals surface area contributed by atoms with Crippen LogP contribution in [-0.2, 0) is 12.1 Å². The molecule has 0 radical (unpaired) electrons. The molecule has 0 bridgehead atoms. The Labute approximate surface area is 164 Å². The molecule has 3 N–H and O–H groups in total. The van der Waals surface area contributed by atoms with Crippen LogP contribution >= 0.6 is 35.6 Å². The third-order valence-electron chi connectivity index (χ3n) is 3.36. The van der Waals surface area contributed by atoms with Crippen LogP contribution in [0.1, 0.15) is 25.2 Å². The number of hydrogen-bond acceptors (Lipinski definition) is 3. The number of furan rings is 1. The van der Waals surface area contributed by atoms with Gasteiger partial charge in [-0.1, -0.05) is 29.8 Å². The molecule has 132 valence electrons. The molecule has 1 atom stereocenters. The molecule has 0 aliphatic carbocycles. The van der Waals surface area contributed by atoms with Gasteiger partial charge in [0.15, 0.2) is 5.96 Å². The first-order valence-electron chi connectivity index (χ1n) is 7.55. The summed E-state index contributed by atoms with van der Waals surface area (Å²) >= 11 is 6.14. The average molecular weight is 464 g/mol. The Morgan fingerprint density at radius 3 is 2.62 bits per heavy atom. The number of rotatable bonds is 6. The van der Waals surface area contributed by atoms with Gasteiger partial charge >= 0.3 is 0 Å². The Balaban J connectivity index is 0.00000288. The van der Waals surface area contributed by atoms with Crippen LogP contribution in [0.15, 0.2) is 52.1 Å². The molecule has 2 aromatic rings. The lowest BCUT2D eigenvalue weighted by Gasteiger charge is -2.22. The third-order valence-corrected chi connectivity index (χ3v) is 3.73. The summed E-state index contributed by atoms with van der Waals surface area (Å²) in [6.45, 7) is 5.12. The number of aliphatic hydroxyl groups is 1. The van der Waals surface area contributed by atoms with Crippen molar-refractivity contribution in [3.8, 4) is 0 Å². The maximum absolute atomic E-state index is 10.5. The Morgan fingerprint density at radius 2 is 2.00 bits per heavy atom. The van der Waals surface area contributed by atoms with E-state index in [4.69, 9.17) is 16.0 Å². The van der Waals surface area contributed by atoms with E-state index in [9.17, 15) is 5.11 Å². The normalized spacial score (nSPS) is 13.8. The summed E-state index contributed by atoms with van der Waals surface area (Å²) in [6.07, 6.45) is 1.54. The molecule has 1 aromatic heterocycles. The van der Waals surface area contributed by atoms with E-state index in [2.05, 4.69) is 15.6 Å². The molecule has 0 amide bonds. The molecular weight excluding hydrogens is 441 g/mol. The van der Waals surface area contributed by atoms with Crippen LogP contribution in [-0.4, -0.2) is 24.2 Å². The highest BCUT2D eigenvalue weighted by Crippen LogP contribution is 2.20. The van der Waals surface area contributed by atoms with Crippen LogP contribution in [0.5, 0.6) is 0 Å². The van der Waals surface area contributed by atoms with Gasteiger partial charge in [-0.2, -0.15) is 0 Å². The summed E-state index contributed by atoms with van der Waals surface area (Å²) in [4.78, 5) is 4.50. The van der Waals surface area contributed by atoms with Gasteiger partial charge in [0, 0.05) is 11.6 Å². The Hall–Kier alpha value is -1.25. The maximum atomic E-state index is 10.5. The molecular formula is C17H23ClIN3O2. The lowest BCUT2D eigenvalue weighted by molar-refractivity contribution is 0.0386. The van der Waals surface area contributed by atoms with Crippen LogP contribution in [0.3, 0.4) is 0 Å². The van der Waals surface area contributed by atoms with Crippen LogP contribution < -0.4 is 10.6 Å². The fraction of sp³-hybridized carbons (Fsp3) is 0.353. The largest absolute Gasteiger partial charge is 0.466 e. The van der Waals surface area contributed by atoms with E-state index < -0.39 is 5.60 Å². The lowest BCUT2D eigenvalue weighted by Crippen LogP contribution is -2.44. The second-order valence-corrected chi connectivity index (χ2v) is 5.80. The lowest BCUT2D eigenvalue weighted by atomic mass is 10.0. The monoisotopic (exact) mass is 463 g/mol. The van der Waals surface area contributed by atoms with Crippen LogP contribution in [0.2, 0.25) is 5.02 Å². The van der Waals surface area contributed by atoms with Gasteiger partial charge < -0.3 is 20.2 Å². The highest BCUT2D eigenvalue weighted by Gasteiger charge is 2.26. The number of hydrogen-bond donors (Lipinski definition) is 3. The van der Waals surface area contributed by atoms with E-state index in [0.29, 0.717) is 23.3 Å². The number of benzene rings is 1. The van der Waals surface area contributed by atoms with E-state index in [1.807, 2.05) is 31.2 Å². The first-order valence-corrected chi connectivity index (χ1v) is 7.92. The molecule has 1 heterocycles. The van der Waals surface area contributed by atoms with E-state index in [-0.39, 0.29) is 30.5 Å². The highest BCUT2D eigenvalue weighted by atomic mass is 127. The minimum Gasteiger partial charge on any atom is -0.466 e. The second-order valence-electron chi connectivity index (χ2n) is 5.39. The number of guanidine groups is 1. The Morgan fingerprint density at radius 1 is 1.25 bits per heavy atom. The van der Waals surface area contributed by atoms with Crippen molar-refractivity contribution in [3.05, 3.63) is 59.0 Å². The van der Waals surface area contributed by atoms with E-state index in [0.717, 1.165) is 12.1 Å². The van der Waals surface area contributed by atoms with E-state index in [1.54, 1.807) is 25.3 Å². The molecule has 0 aliphatic rings. The minimum absolute atomic E-state index is 0. The van der Waals surface area contributed by atoms with Gasteiger partial charge in [-0.05, 0) is 37.6 Å². The van der Waals surface area contributed by atoms with Crippen molar-refractivity contribution in [2.24, 2.45) is 4.99 Å². The molecule has 0 spiro atoms. The summed E-state index contributed by atoms with van der Waals surface area (Å²) in [5.74, 6) is 1.12. The number of aliphatic imine (C=N–C) groups is 1. The molecule has 0 aliphatic heterocycles. The van der Waals surface area contributed by atoms with Gasteiger partial charge in [-0.3, -0.25) is 0 Å². The molecule has 1 unspecified atom stereocenters. The number of halogens is 2. The van der Waals surface area contributed by atoms with Gasteiger partial charge in [-0.15, -0.1) is 24.0 Å². The van der Waals surface area contributed by atoms with Crippen molar-refractivity contribution in [1.29, 1.82) is 0 Å². The molecule has 1 aromatic carbocycles. The molecule has 0 saturated carbocycles. The van der Waals surface area contributed by atoms with Gasteiger partial charge in [0.2, 0.25) is 0 Å². The smallest absolute Gasteiger partial charge is 0.191 e. The van der Waals surface area contributed by atoms with Gasteiger partial charge in [-0.25, -0.2) is 4.99 Å². The minimum atomic E-state index is -1.12. The summed E-state index contributed by atoms with van der Waals surface area (Å²) in [6, 6.07) is 11.1. The first-order chi connectivity index (χ1) is 11.0. The summed E-state index contributed by atoms with van der Waals surface area (Å²) < 4.78 is 5.27. The number of nitrogens with one attached hydrogen (secondary N) is 2. The van der Waals surface area contributed by atoms with Crippen molar-refractivity contribution in [2.75, 3.05) is 13.1 Å². The molecule has 0 saturated heterocycles. The SMILES string of the molecule is CCNC(=NCc1ccccc1Cl)NCC(C)(O)c1ccco1.I. The highest BCUT2D eigenvalue weighted by molar-refractivity contribution is 14.0. The standard InChI is InChI=1S/C17H22ClN3O2.HI/c1-3-19-16(20-11-13-7-4-5-8-14(13)18)21-12-17(2,22)15-9-6-10-23-15;/h4-10,22H,3,11-12H2,1-2H3,(H2,19,20,21);1H. The average Bonchev–Trinajstić information content (AvgIpc) is 3.07. The van der Waals surface area contributed by atoms with Crippen molar-refractivity contribution in [3.63, 3.8) is 0 Å². The van der Waals surface area contributed by atoms with Crippen LogP contribution in [0.4, 0.5) is 0 Å². The maximum Gasteiger partial charge on any atom is 0.191 e. The third kappa shape index (κ3) is 5.99. The fourth-order valence-corrected chi connectivity index (χ4v) is 2.26. The second kappa shape index (κ2) is 9.90. The van der Waals surface area contributed by atoms with Crippen molar-refractivity contribution < 1.29 is 9.52 Å². The first kappa shape index (κ1) is 20.8. The van der Waals surface area contributed by atoms with Crippen molar-refractivity contribution >= 4 is 41.5 Å². The number of nitrogens with zero attached hydrogens (tertiary/aromatic N) is 1. The topological polar surface area (TPSA) is 69.8 Å². The molecule has 24 heavy (non-hydrogen) atoms. The van der Waals surface area contributed by atoms with Gasteiger partial charge in [0.05, 0.1) is 19.4 Å². The van der Waals surface area contributed by atoms with Crippen molar-refractivity contribution in [1.82, 2.24) is 10.6 Å². The fourth-order valence-electron chi connectivity index (χ4n) is 2.06. The summed E-state index contributed by atoms with van der Waals surface area (Å²) in [5, 5.41) is 17.4. The van der Waals surface area contributed by atoms with Gasteiger partial charge in [0.25, 0.3) is 0 Å². The molecule has 0 fully saturated rings. The van der Waals surface area contributed by atoms with Crippen LogP contribution in [0.25, 0.3) is 0 Å². The molecule has 5 nitrogen and oxygen atoms in total. The van der Waals surface area contributed by atoms with Crippen LogP contribution in [0, 0.1) is 0 Å². The Kier molecular flexibility index (Phi) is 8.58. The summed E-state index contributed by atoms with van der Waals surface area (Å²) in [5.41, 5.74) is -0.173. The zero-order chi connectivity index (χ0) is 16.7. The van der Waals surface area contributed by atoms with E-state index >= 15 is 0 Å². The molecule has 2 rings (SSSR count). The molecule has 7 heteroatoms. The predicted octanol–water partition coefficient (Wildman–Crippen LogP) is 3.51. The predicted molar refractivity (Wildman–Crippen MR) is 108 cm³/mol.